The van der Waals surface area contributed by atoms with Gasteiger partial charge in [0.15, 0.2) is 0 Å². The highest BCUT2D eigenvalue weighted by molar-refractivity contribution is 5.88. The summed E-state index contributed by atoms with van der Waals surface area (Å²) in [7, 11) is 0. The number of aromatic nitrogens is 2. The molecule has 0 aliphatic carbocycles. The van der Waals surface area contributed by atoms with Crippen molar-refractivity contribution in [1.82, 2.24) is 9.78 Å². The third kappa shape index (κ3) is 2.51. The lowest BCUT2D eigenvalue weighted by atomic mass is 10.1. The van der Waals surface area contributed by atoms with E-state index in [2.05, 4.69) is 5.10 Å². The van der Waals surface area contributed by atoms with E-state index in [4.69, 9.17) is 5.11 Å². The van der Waals surface area contributed by atoms with Crippen molar-refractivity contribution in [3.8, 4) is 0 Å². The molecule has 7 heteroatoms. The number of rotatable bonds is 4. The Morgan fingerprint density at radius 2 is 2.15 bits per heavy atom. The number of nitrogens with zero attached hydrogens (tertiary/aromatic N) is 3. The van der Waals surface area contributed by atoms with E-state index >= 15 is 0 Å². The van der Waals surface area contributed by atoms with Crippen LogP contribution in [0.25, 0.3) is 0 Å². The number of nitro benzene ring substituents is 1. The molecule has 0 spiro atoms. The van der Waals surface area contributed by atoms with E-state index in [9.17, 15) is 14.9 Å². The molecule has 0 fully saturated rings. The van der Waals surface area contributed by atoms with Crippen LogP contribution in [-0.2, 0) is 6.54 Å². The maximum atomic E-state index is 11.0. The second-order valence-electron chi connectivity index (χ2n) is 4.45. The molecule has 0 radical (unpaired) electrons. The first kappa shape index (κ1) is 13.7. The lowest BCUT2D eigenvalue weighted by molar-refractivity contribution is -0.385. The van der Waals surface area contributed by atoms with Crippen LogP contribution in [0.4, 0.5) is 5.69 Å². The number of carboxylic acids is 1. The van der Waals surface area contributed by atoms with Gasteiger partial charge in [0.2, 0.25) is 0 Å². The number of aromatic carboxylic acids is 1. The van der Waals surface area contributed by atoms with Crippen molar-refractivity contribution < 1.29 is 14.8 Å². The van der Waals surface area contributed by atoms with Gasteiger partial charge < -0.3 is 5.11 Å². The molecular formula is C13H13N3O4. The highest BCUT2D eigenvalue weighted by atomic mass is 16.6. The Hall–Kier alpha value is -2.70. The van der Waals surface area contributed by atoms with Crippen LogP contribution in [0.2, 0.25) is 0 Å². The zero-order chi connectivity index (χ0) is 14.9. The molecule has 7 nitrogen and oxygen atoms in total. The lowest BCUT2D eigenvalue weighted by Gasteiger charge is -2.06. The van der Waals surface area contributed by atoms with E-state index in [1.807, 2.05) is 0 Å². The van der Waals surface area contributed by atoms with Gasteiger partial charge in [0, 0.05) is 17.8 Å². The fourth-order valence-electron chi connectivity index (χ4n) is 2.02. The maximum absolute atomic E-state index is 11.0. The molecule has 0 aliphatic heterocycles. The van der Waals surface area contributed by atoms with Gasteiger partial charge in [0.25, 0.3) is 5.69 Å². The minimum atomic E-state index is -1.04. The number of hydrogen-bond acceptors (Lipinski definition) is 4. The molecular weight excluding hydrogens is 262 g/mol. The summed E-state index contributed by atoms with van der Waals surface area (Å²) >= 11 is 0. The smallest absolute Gasteiger partial charge is 0.339 e. The quantitative estimate of drug-likeness (QED) is 0.681. The van der Waals surface area contributed by atoms with E-state index in [0.717, 1.165) is 5.56 Å². The van der Waals surface area contributed by atoms with Crippen LogP contribution in [0.5, 0.6) is 0 Å². The van der Waals surface area contributed by atoms with E-state index in [0.29, 0.717) is 17.8 Å². The second-order valence-corrected chi connectivity index (χ2v) is 4.45. The highest BCUT2D eigenvalue weighted by Crippen LogP contribution is 2.22. The van der Waals surface area contributed by atoms with Crippen LogP contribution >= 0.6 is 0 Å². The fraction of sp³-hybridized carbons (Fsp3) is 0.231. The number of nitro groups is 1. The van der Waals surface area contributed by atoms with Crippen molar-refractivity contribution in [3.63, 3.8) is 0 Å². The first-order chi connectivity index (χ1) is 9.40. The van der Waals surface area contributed by atoms with E-state index in [-0.39, 0.29) is 11.3 Å². The van der Waals surface area contributed by atoms with Gasteiger partial charge in [-0.05, 0) is 19.4 Å². The molecule has 20 heavy (non-hydrogen) atoms. The monoisotopic (exact) mass is 275 g/mol. The molecule has 0 bridgehead atoms. The molecule has 1 N–H and O–H groups in total. The molecule has 104 valence electrons. The van der Waals surface area contributed by atoms with Gasteiger partial charge in [-0.1, -0.05) is 12.1 Å². The van der Waals surface area contributed by atoms with E-state index in [1.54, 1.807) is 26.0 Å². The van der Waals surface area contributed by atoms with Crippen molar-refractivity contribution in [1.29, 1.82) is 0 Å². The molecule has 1 heterocycles. The van der Waals surface area contributed by atoms with Gasteiger partial charge >= 0.3 is 5.97 Å². The summed E-state index contributed by atoms with van der Waals surface area (Å²) in [6, 6.07) is 4.81. The summed E-state index contributed by atoms with van der Waals surface area (Å²) < 4.78 is 1.48. The Bertz CT molecular complexity index is 691. The molecule has 1 aromatic heterocycles. The topological polar surface area (TPSA) is 98.3 Å². The Balaban J connectivity index is 2.35. The summed E-state index contributed by atoms with van der Waals surface area (Å²) in [5, 5.41) is 24.0. The summed E-state index contributed by atoms with van der Waals surface area (Å²) in [6.45, 7) is 3.57. The second kappa shape index (κ2) is 5.12. The van der Waals surface area contributed by atoms with E-state index in [1.165, 1.54) is 16.9 Å². The number of benzene rings is 1. The molecule has 0 amide bonds. The molecule has 0 aliphatic rings. The predicted molar refractivity (Wildman–Crippen MR) is 70.9 cm³/mol. The van der Waals surface area contributed by atoms with Crippen molar-refractivity contribution in [3.05, 3.63) is 56.9 Å². The largest absolute Gasteiger partial charge is 0.478 e. The summed E-state index contributed by atoms with van der Waals surface area (Å²) in [5.74, 6) is -1.04. The average molecular weight is 275 g/mol. The van der Waals surface area contributed by atoms with Crippen LogP contribution < -0.4 is 0 Å². The minimum Gasteiger partial charge on any atom is -0.478 e. The SMILES string of the molecule is Cc1nn(Cc2cccc([N+](=O)[O-])c2C)cc1C(=O)O. The standard InChI is InChI=1S/C13H13N3O4/c1-8-10(4-3-5-12(8)16(19)20)6-15-7-11(13(17)18)9(2)14-15/h3-5,7H,6H2,1-2H3,(H,17,18). The number of hydrogen-bond donors (Lipinski definition) is 1. The Morgan fingerprint density at radius 1 is 1.45 bits per heavy atom. The van der Waals surface area contributed by atoms with Crippen molar-refractivity contribution in [2.24, 2.45) is 0 Å². The third-order valence-corrected chi connectivity index (χ3v) is 3.12. The molecule has 1 aromatic carbocycles. The average Bonchev–Trinajstić information content (AvgIpc) is 2.72. The van der Waals surface area contributed by atoms with Crippen LogP contribution in [0.3, 0.4) is 0 Å². The molecule has 2 rings (SSSR count). The number of carbonyl (C=O) groups is 1. The molecule has 0 unspecified atom stereocenters. The minimum absolute atomic E-state index is 0.0461. The van der Waals surface area contributed by atoms with Gasteiger partial charge in [-0.3, -0.25) is 14.8 Å². The maximum Gasteiger partial charge on any atom is 0.339 e. The van der Waals surface area contributed by atoms with Gasteiger partial charge in [0.1, 0.15) is 5.56 Å². The van der Waals surface area contributed by atoms with Gasteiger partial charge in [-0.25, -0.2) is 4.79 Å². The Kier molecular flexibility index (Phi) is 3.51. The van der Waals surface area contributed by atoms with Crippen molar-refractivity contribution in [2.45, 2.75) is 20.4 Å². The van der Waals surface area contributed by atoms with Crippen LogP contribution in [0.1, 0.15) is 27.2 Å². The zero-order valence-corrected chi connectivity index (χ0v) is 11.0. The van der Waals surface area contributed by atoms with Crippen molar-refractivity contribution >= 4 is 11.7 Å². The van der Waals surface area contributed by atoms with E-state index < -0.39 is 10.9 Å². The lowest BCUT2D eigenvalue weighted by Crippen LogP contribution is -2.04. The molecule has 0 atom stereocenters. The van der Waals surface area contributed by atoms with Gasteiger partial charge in [0.05, 0.1) is 17.2 Å². The predicted octanol–water partition coefficient (Wildman–Crippen LogP) is 2.15. The fourth-order valence-corrected chi connectivity index (χ4v) is 2.02. The summed E-state index contributed by atoms with van der Waals surface area (Å²) in [5.41, 5.74) is 1.89. The Labute approximate surface area is 114 Å². The number of aryl methyl sites for hydroxylation is 1. The normalized spacial score (nSPS) is 10.5. The highest BCUT2D eigenvalue weighted by Gasteiger charge is 2.15. The van der Waals surface area contributed by atoms with Crippen LogP contribution in [-0.4, -0.2) is 25.8 Å². The first-order valence-electron chi connectivity index (χ1n) is 5.90. The van der Waals surface area contributed by atoms with Crippen LogP contribution in [0, 0.1) is 24.0 Å². The molecule has 0 saturated carbocycles. The van der Waals surface area contributed by atoms with Gasteiger partial charge in [-0.2, -0.15) is 5.10 Å². The van der Waals surface area contributed by atoms with Gasteiger partial charge in [-0.15, -0.1) is 0 Å². The third-order valence-electron chi connectivity index (χ3n) is 3.12. The summed E-state index contributed by atoms with van der Waals surface area (Å²) in [4.78, 5) is 21.4. The van der Waals surface area contributed by atoms with Crippen molar-refractivity contribution in [2.75, 3.05) is 0 Å². The molecule has 2 aromatic rings. The zero-order valence-electron chi connectivity index (χ0n) is 11.0. The molecule has 0 saturated heterocycles. The Morgan fingerprint density at radius 3 is 2.70 bits per heavy atom. The van der Waals surface area contributed by atoms with Crippen LogP contribution in [0.15, 0.2) is 24.4 Å². The summed E-state index contributed by atoms with van der Waals surface area (Å²) in [6.07, 6.45) is 1.43. The first-order valence-corrected chi connectivity index (χ1v) is 5.90. The number of carboxylic acid groups (broad SMARTS) is 1.